The molecule has 0 aromatic heterocycles. The van der Waals surface area contributed by atoms with Gasteiger partial charge in [0.2, 0.25) is 0 Å². The van der Waals surface area contributed by atoms with Crippen LogP contribution >= 0.6 is 0 Å². The third-order valence-corrected chi connectivity index (χ3v) is 5.18. The molecule has 1 aromatic rings. The first-order valence-electron chi connectivity index (χ1n) is 8.25. The van der Waals surface area contributed by atoms with E-state index in [1.807, 2.05) is 19.9 Å². The van der Waals surface area contributed by atoms with Crippen molar-refractivity contribution < 1.29 is 14.6 Å². The molecule has 0 spiro atoms. The van der Waals surface area contributed by atoms with Gasteiger partial charge in [0, 0.05) is 17.4 Å². The van der Waals surface area contributed by atoms with E-state index in [0.717, 1.165) is 24.8 Å². The number of hydrogen-bond donors (Lipinski definition) is 2. The summed E-state index contributed by atoms with van der Waals surface area (Å²) in [5.74, 6) is 1.45. The summed E-state index contributed by atoms with van der Waals surface area (Å²) in [4.78, 5) is 12.1. The molecule has 2 aliphatic carbocycles. The number of ketones is 1. The highest BCUT2D eigenvalue weighted by molar-refractivity contribution is 5.88. The molecule has 22 heavy (non-hydrogen) atoms. The molecule has 3 N–H and O–H groups in total. The summed E-state index contributed by atoms with van der Waals surface area (Å²) in [6.07, 6.45) is 3.37. The lowest BCUT2D eigenvalue weighted by Crippen LogP contribution is -2.52. The minimum absolute atomic E-state index is 0.179. The minimum Gasteiger partial charge on any atom is -0.504 e. The van der Waals surface area contributed by atoms with E-state index in [-0.39, 0.29) is 23.1 Å². The highest BCUT2D eigenvalue weighted by Crippen LogP contribution is 2.59. The number of aryl methyl sites for hydroxylation is 1. The van der Waals surface area contributed by atoms with E-state index < -0.39 is 0 Å². The quantitative estimate of drug-likeness (QED) is 0.773. The second-order valence-electron chi connectivity index (χ2n) is 5.97. The van der Waals surface area contributed by atoms with Gasteiger partial charge in [-0.25, -0.2) is 0 Å². The van der Waals surface area contributed by atoms with Crippen molar-refractivity contribution in [1.29, 1.82) is 0 Å². The van der Waals surface area contributed by atoms with Gasteiger partial charge in [-0.15, -0.1) is 0 Å². The van der Waals surface area contributed by atoms with Crippen molar-refractivity contribution in [1.82, 2.24) is 0 Å². The normalized spacial score (nSPS) is 30.1. The third kappa shape index (κ3) is 2.12. The van der Waals surface area contributed by atoms with Crippen LogP contribution in [-0.2, 0) is 16.6 Å². The van der Waals surface area contributed by atoms with Gasteiger partial charge in [-0.05, 0) is 43.9 Å². The van der Waals surface area contributed by atoms with Gasteiger partial charge in [0.05, 0.1) is 0 Å². The maximum absolute atomic E-state index is 12.1. The largest absolute Gasteiger partial charge is 0.504 e. The Bertz CT molecular complexity index is 570. The number of nitrogens with two attached hydrogens (primary N) is 1. The number of aromatic hydroxyl groups is 1. The lowest BCUT2D eigenvalue weighted by Gasteiger charge is -2.44. The Kier molecular flexibility index (Phi) is 4.81. The fourth-order valence-corrected chi connectivity index (χ4v) is 4.24. The van der Waals surface area contributed by atoms with Crippen molar-refractivity contribution in [3.05, 3.63) is 23.3 Å². The standard InChI is InChI=1S/C15H16O3.C2H6.CH5N/c1-15-9-4-2-8-3-6-10(16)13(12(8)15)18-14(15)11(17)7-5-9;2*1-2/h3,6,9,14,16H,2,4-5,7H2,1H3;1-2H3;2H2,1H3. The second kappa shape index (κ2) is 6.29. The molecule has 0 saturated heterocycles. The van der Waals surface area contributed by atoms with Crippen LogP contribution in [0.2, 0.25) is 0 Å². The molecule has 122 valence electrons. The van der Waals surface area contributed by atoms with Gasteiger partial charge < -0.3 is 15.6 Å². The van der Waals surface area contributed by atoms with Crippen LogP contribution in [0.1, 0.15) is 51.2 Å². The number of hydrogen-bond acceptors (Lipinski definition) is 4. The van der Waals surface area contributed by atoms with Crippen molar-refractivity contribution in [2.75, 3.05) is 7.05 Å². The molecule has 3 atom stereocenters. The SMILES string of the molecule is CC.CC12c3c4ccc(O)c3OC1C(=O)CCC2CC4.CN. The number of carbonyl (C=O) groups is 1. The van der Waals surface area contributed by atoms with Gasteiger partial charge in [-0.2, -0.15) is 0 Å². The zero-order valence-corrected chi connectivity index (χ0v) is 14.0. The van der Waals surface area contributed by atoms with E-state index in [2.05, 4.69) is 12.7 Å². The molecule has 4 rings (SSSR count). The summed E-state index contributed by atoms with van der Waals surface area (Å²) < 4.78 is 5.85. The first-order valence-corrected chi connectivity index (χ1v) is 8.25. The Hall–Kier alpha value is -1.55. The molecule has 1 aromatic carbocycles. The fourth-order valence-electron chi connectivity index (χ4n) is 4.24. The zero-order chi connectivity index (χ0) is 16.5. The Morgan fingerprint density at radius 1 is 1.23 bits per heavy atom. The smallest absolute Gasteiger partial charge is 0.174 e. The maximum Gasteiger partial charge on any atom is 0.174 e. The van der Waals surface area contributed by atoms with E-state index in [0.29, 0.717) is 18.1 Å². The van der Waals surface area contributed by atoms with E-state index in [4.69, 9.17) is 4.74 Å². The Labute approximate surface area is 132 Å². The van der Waals surface area contributed by atoms with Crippen LogP contribution in [0, 0.1) is 5.92 Å². The van der Waals surface area contributed by atoms with Crippen LogP contribution < -0.4 is 10.5 Å². The first kappa shape index (κ1) is 16.8. The lowest BCUT2D eigenvalue weighted by molar-refractivity contribution is -0.132. The summed E-state index contributed by atoms with van der Waals surface area (Å²) >= 11 is 0. The van der Waals surface area contributed by atoms with Gasteiger partial charge in [0.15, 0.2) is 23.4 Å². The van der Waals surface area contributed by atoms with E-state index in [1.165, 1.54) is 12.6 Å². The monoisotopic (exact) mass is 305 g/mol. The first-order chi connectivity index (χ1) is 10.6. The van der Waals surface area contributed by atoms with Crippen molar-refractivity contribution in [2.24, 2.45) is 11.7 Å². The zero-order valence-electron chi connectivity index (χ0n) is 14.0. The fraction of sp³-hybridized carbons (Fsp3) is 0.611. The summed E-state index contributed by atoms with van der Waals surface area (Å²) in [6, 6.07) is 3.68. The van der Waals surface area contributed by atoms with Crippen molar-refractivity contribution in [3.8, 4) is 11.5 Å². The molecule has 1 heterocycles. The molecule has 0 bridgehead atoms. The lowest BCUT2D eigenvalue weighted by atomic mass is 9.57. The van der Waals surface area contributed by atoms with Crippen molar-refractivity contribution in [3.63, 3.8) is 0 Å². The predicted molar refractivity (Wildman–Crippen MR) is 87.4 cm³/mol. The topological polar surface area (TPSA) is 72.5 Å². The van der Waals surface area contributed by atoms with Gasteiger partial charge in [-0.3, -0.25) is 4.79 Å². The van der Waals surface area contributed by atoms with Crippen molar-refractivity contribution in [2.45, 2.75) is 58.0 Å². The molecule has 1 aliphatic heterocycles. The number of benzene rings is 1. The predicted octanol–water partition coefficient (Wildman–Crippen LogP) is 2.94. The Balaban J connectivity index is 0.000000410. The molecule has 3 aliphatic rings. The molecule has 0 amide bonds. The Morgan fingerprint density at radius 3 is 2.55 bits per heavy atom. The number of Topliss-reactive ketones (excluding diaryl/α,β-unsaturated/α-hetero) is 1. The number of phenolic OH excluding ortho intramolecular Hbond substituents is 1. The molecule has 4 heteroatoms. The summed E-state index contributed by atoms with van der Waals surface area (Å²) in [7, 11) is 1.50. The number of carbonyl (C=O) groups excluding carboxylic acids is 1. The Morgan fingerprint density at radius 2 is 1.86 bits per heavy atom. The van der Waals surface area contributed by atoms with Crippen LogP contribution in [0.3, 0.4) is 0 Å². The van der Waals surface area contributed by atoms with Gasteiger partial charge in [-0.1, -0.05) is 26.8 Å². The van der Waals surface area contributed by atoms with Crippen LogP contribution in [0.5, 0.6) is 11.5 Å². The second-order valence-corrected chi connectivity index (χ2v) is 5.97. The molecule has 3 unspecified atom stereocenters. The molecule has 4 nitrogen and oxygen atoms in total. The molecule has 0 radical (unpaired) electrons. The minimum atomic E-state index is -0.376. The maximum atomic E-state index is 12.1. The summed E-state index contributed by atoms with van der Waals surface area (Å²) in [5, 5.41) is 9.98. The highest BCUT2D eigenvalue weighted by atomic mass is 16.5. The van der Waals surface area contributed by atoms with Gasteiger partial charge in [0.25, 0.3) is 0 Å². The number of ether oxygens (including phenoxy) is 1. The average molecular weight is 305 g/mol. The van der Waals surface area contributed by atoms with E-state index >= 15 is 0 Å². The van der Waals surface area contributed by atoms with E-state index in [9.17, 15) is 9.90 Å². The van der Waals surface area contributed by atoms with E-state index in [1.54, 1.807) is 6.07 Å². The van der Waals surface area contributed by atoms with Crippen LogP contribution in [0.15, 0.2) is 12.1 Å². The van der Waals surface area contributed by atoms with Crippen molar-refractivity contribution >= 4 is 5.78 Å². The van der Waals surface area contributed by atoms with Crippen LogP contribution in [0.25, 0.3) is 0 Å². The molecular formula is C18H27NO3. The highest BCUT2D eigenvalue weighted by Gasteiger charge is 2.58. The molecule has 1 fully saturated rings. The third-order valence-electron chi connectivity index (χ3n) is 5.18. The molecule has 1 saturated carbocycles. The summed E-state index contributed by atoms with van der Waals surface area (Å²) in [6.45, 7) is 6.15. The average Bonchev–Trinajstić information content (AvgIpc) is 2.89. The number of rotatable bonds is 0. The van der Waals surface area contributed by atoms with Crippen LogP contribution in [-0.4, -0.2) is 24.0 Å². The summed E-state index contributed by atoms with van der Waals surface area (Å²) in [5.41, 5.74) is 6.65. The molecular weight excluding hydrogens is 278 g/mol. The van der Waals surface area contributed by atoms with Crippen LogP contribution in [0.4, 0.5) is 0 Å². The number of phenols is 1. The van der Waals surface area contributed by atoms with Gasteiger partial charge in [0.1, 0.15) is 0 Å². The van der Waals surface area contributed by atoms with Gasteiger partial charge >= 0.3 is 0 Å².